The summed E-state index contributed by atoms with van der Waals surface area (Å²) in [5.41, 5.74) is 1.84. The minimum atomic E-state index is -0.431. The lowest BCUT2D eigenvalue weighted by atomic mass is 10.2. The molecule has 2 aromatic heterocycles. The highest BCUT2D eigenvalue weighted by Gasteiger charge is 2.06. The Morgan fingerprint density at radius 3 is 2.70 bits per heavy atom. The first-order chi connectivity index (χ1) is 14.7. The number of ether oxygens (including phenoxy) is 1. The van der Waals surface area contributed by atoms with E-state index in [-0.39, 0.29) is 12.5 Å². The summed E-state index contributed by atoms with van der Waals surface area (Å²) in [7, 11) is 0. The Hall–Kier alpha value is -3.58. The summed E-state index contributed by atoms with van der Waals surface area (Å²) >= 11 is 1.70. The average molecular weight is 418 g/mol. The van der Waals surface area contributed by atoms with Crippen molar-refractivity contribution in [1.29, 1.82) is 0 Å². The van der Waals surface area contributed by atoms with Gasteiger partial charge in [-0.25, -0.2) is 4.79 Å². The molecule has 2 aromatic carbocycles. The highest BCUT2D eigenvalue weighted by Crippen LogP contribution is 2.24. The molecule has 0 aliphatic carbocycles. The predicted octanol–water partition coefficient (Wildman–Crippen LogP) is 4.50. The zero-order chi connectivity index (χ0) is 20.8. The standard InChI is InChI=1S/C23H18N2O4S/c26-22(14-28-19-7-3-17-4-10-23(27)29-21(17)12-19)25-18-5-8-20(9-6-18)30-15-16-2-1-11-24-13-16/h1-13H,14-15H2,(H,25,26). The lowest BCUT2D eigenvalue weighted by Crippen LogP contribution is -2.20. The number of benzene rings is 2. The van der Waals surface area contributed by atoms with Crippen molar-refractivity contribution >= 4 is 34.3 Å². The van der Waals surface area contributed by atoms with Crippen LogP contribution in [-0.2, 0) is 10.5 Å². The van der Waals surface area contributed by atoms with Gasteiger partial charge in [0.15, 0.2) is 6.61 Å². The minimum Gasteiger partial charge on any atom is -0.484 e. The van der Waals surface area contributed by atoms with Crippen LogP contribution in [0, 0.1) is 0 Å². The number of carbonyl (C=O) groups excluding carboxylic acids is 1. The van der Waals surface area contributed by atoms with Gasteiger partial charge in [0, 0.05) is 46.2 Å². The smallest absolute Gasteiger partial charge is 0.336 e. The van der Waals surface area contributed by atoms with Crippen molar-refractivity contribution in [2.24, 2.45) is 0 Å². The lowest BCUT2D eigenvalue weighted by molar-refractivity contribution is -0.118. The van der Waals surface area contributed by atoms with Crippen molar-refractivity contribution in [1.82, 2.24) is 4.98 Å². The molecule has 6 nitrogen and oxygen atoms in total. The molecule has 0 aliphatic heterocycles. The number of nitrogens with zero attached hydrogens (tertiary/aromatic N) is 1. The topological polar surface area (TPSA) is 81.4 Å². The largest absolute Gasteiger partial charge is 0.484 e. The fraction of sp³-hybridized carbons (Fsp3) is 0.0870. The molecule has 7 heteroatoms. The minimum absolute atomic E-state index is 0.153. The maximum atomic E-state index is 12.2. The Bertz CT molecular complexity index is 1210. The third kappa shape index (κ3) is 5.27. The van der Waals surface area contributed by atoms with Crippen LogP contribution in [0.25, 0.3) is 11.0 Å². The first kappa shape index (κ1) is 19.7. The van der Waals surface area contributed by atoms with Crippen molar-refractivity contribution in [3.05, 3.63) is 95.1 Å². The van der Waals surface area contributed by atoms with Gasteiger partial charge in [0.2, 0.25) is 0 Å². The second-order valence-electron chi connectivity index (χ2n) is 6.47. The van der Waals surface area contributed by atoms with Crippen molar-refractivity contribution in [2.45, 2.75) is 10.6 Å². The number of carbonyl (C=O) groups is 1. The highest BCUT2D eigenvalue weighted by molar-refractivity contribution is 7.98. The normalized spacial score (nSPS) is 10.7. The Kier molecular flexibility index (Phi) is 6.10. The molecule has 1 amide bonds. The molecule has 0 unspecified atom stereocenters. The number of nitrogens with one attached hydrogen (secondary N) is 1. The molecule has 2 heterocycles. The van der Waals surface area contributed by atoms with E-state index in [0.29, 0.717) is 17.0 Å². The summed E-state index contributed by atoms with van der Waals surface area (Å²) in [6.07, 6.45) is 3.61. The molecular weight excluding hydrogens is 400 g/mol. The molecule has 0 saturated carbocycles. The molecule has 4 aromatic rings. The molecule has 0 fully saturated rings. The Balaban J connectivity index is 1.29. The number of fused-ring (bicyclic) bond motifs is 1. The molecule has 0 spiro atoms. The van der Waals surface area contributed by atoms with Crippen LogP contribution in [0.4, 0.5) is 5.69 Å². The zero-order valence-corrected chi connectivity index (χ0v) is 16.7. The van der Waals surface area contributed by atoms with Gasteiger partial charge in [0.05, 0.1) is 0 Å². The molecule has 0 radical (unpaired) electrons. The van der Waals surface area contributed by atoms with Crippen LogP contribution in [0.1, 0.15) is 5.56 Å². The number of anilines is 1. The van der Waals surface area contributed by atoms with E-state index in [1.54, 1.807) is 42.2 Å². The SMILES string of the molecule is O=C(COc1ccc2ccc(=O)oc2c1)Nc1ccc(SCc2cccnc2)cc1. The summed E-state index contributed by atoms with van der Waals surface area (Å²) < 4.78 is 10.6. The molecule has 0 aliphatic rings. The van der Waals surface area contributed by atoms with E-state index < -0.39 is 5.63 Å². The molecule has 1 N–H and O–H groups in total. The Morgan fingerprint density at radius 2 is 1.90 bits per heavy atom. The van der Waals surface area contributed by atoms with E-state index in [4.69, 9.17) is 9.15 Å². The third-order valence-corrected chi connectivity index (χ3v) is 5.31. The van der Waals surface area contributed by atoms with Gasteiger partial charge in [0.25, 0.3) is 5.91 Å². The molecule has 0 bridgehead atoms. The Labute approximate surface area is 176 Å². The van der Waals surface area contributed by atoms with Crippen LogP contribution in [0.15, 0.2) is 93.2 Å². The van der Waals surface area contributed by atoms with Crippen molar-refractivity contribution in [3.8, 4) is 5.75 Å². The quantitative estimate of drug-likeness (QED) is 0.352. The number of pyridine rings is 1. The van der Waals surface area contributed by atoms with E-state index in [2.05, 4.69) is 10.3 Å². The first-order valence-electron chi connectivity index (χ1n) is 9.24. The van der Waals surface area contributed by atoms with Crippen LogP contribution < -0.4 is 15.7 Å². The van der Waals surface area contributed by atoms with Gasteiger partial charge in [-0.3, -0.25) is 9.78 Å². The lowest BCUT2D eigenvalue weighted by Gasteiger charge is -2.09. The fourth-order valence-electron chi connectivity index (χ4n) is 2.76. The maximum absolute atomic E-state index is 12.2. The van der Waals surface area contributed by atoms with Crippen molar-refractivity contribution < 1.29 is 13.9 Å². The van der Waals surface area contributed by atoms with Gasteiger partial charge in [-0.2, -0.15) is 0 Å². The predicted molar refractivity (Wildman–Crippen MR) is 117 cm³/mol. The number of thioether (sulfide) groups is 1. The second kappa shape index (κ2) is 9.28. The van der Waals surface area contributed by atoms with Crippen molar-refractivity contribution in [3.63, 3.8) is 0 Å². The summed E-state index contributed by atoms with van der Waals surface area (Å²) in [5.74, 6) is 1.01. The van der Waals surface area contributed by atoms with Crippen LogP contribution in [0.3, 0.4) is 0 Å². The van der Waals surface area contributed by atoms with Crippen molar-refractivity contribution in [2.75, 3.05) is 11.9 Å². The highest BCUT2D eigenvalue weighted by atomic mass is 32.2. The van der Waals surface area contributed by atoms with Crippen LogP contribution in [0.5, 0.6) is 5.75 Å². The second-order valence-corrected chi connectivity index (χ2v) is 7.51. The van der Waals surface area contributed by atoms with Gasteiger partial charge < -0.3 is 14.5 Å². The molecule has 30 heavy (non-hydrogen) atoms. The van der Waals surface area contributed by atoms with E-state index in [0.717, 1.165) is 21.6 Å². The molecule has 150 valence electrons. The molecular formula is C23H18N2O4S. The van der Waals surface area contributed by atoms with Gasteiger partial charge in [-0.1, -0.05) is 6.07 Å². The van der Waals surface area contributed by atoms with Crippen LogP contribution in [0.2, 0.25) is 0 Å². The summed E-state index contributed by atoms with van der Waals surface area (Å²) in [6, 6.07) is 19.7. The fourth-order valence-corrected chi connectivity index (χ4v) is 3.59. The molecule has 4 rings (SSSR count). The maximum Gasteiger partial charge on any atom is 0.336 e. The molecule has 0 atom stereocenters. The number of aromatic nitrogens is 1. The number of hydrogen-bond donors (Lipinski definition) is 1. The molecule has 0 saturated heterocycles. The first-order valence-corrected chi connectivity index (χ1v) is 10.2. The Morgan fingerprint density at radius 1 is 1.07 bits per heavy atom. The van der Waals surface area contributed by atoms with Crippen LogP contribution in [-0.4, -0.2) is 17.5 Å². The average Bonchev–Trinajstić information content (AvgIpc) is 2.77. The summed E-state index contributed by atoms with van der Waals surface area (Å²) in [4.78, 5) is 28.7. The summed E-state index contributed by atoms with van der Waals surface area (Å²) in [5, 5.41) is 3.59. The number of amides is 1. The van der Waals surface area contributed by atoms with Gasteiger partial charge in [-0.15, -0.1) is 11.8 Å². The number of hydrogen-bond acceptors (Lipinski definition) is 6. The third-order valence-electron chi connectivity index (χ3n) is 4.23. The monoisotopic (exact) mass is 418 g/mol. The van der Waals surface area contributed by atoms with Crippen LogP contribution >= 0.6 is 11.8 Å². The number of rotatable bonds is 7. The van der Waals surface area contributed by atoms with E-state index in [1.165, 1.54) is 6.07 Å². The van der Waals surface area contributed by atoms with E-state index in [9.17, 15) is 9.59 Å². The summed E-state index contributed by atoms with van der Waals surface area (Å²) in [6.45, 7) is -0.153. The van der Waals surface area contributed by atoms with E-state index in [1.807, 2.05) is 42.6 Å². The zero-order valence-electron chi connectivity index (χ0n) is 15.9. The van der Waals surface area contributed by atoms with Gasteiger partial charge in [-0.05, 0) is 54.1 Å². The van der Waals surface area contributed by atoms with Gasteiger partial charge in [0.1, 0.15) is 11.3 Å². The van der Waals surface area contributed by atoms with E-state index >= 15 is 0 Å². The van der Waals surface area contributed by atoms with Gasteiger partial charge >= 0.3 is 5.63 Å².